The first-order valence-corrected chi connectivity index (χ1v) is 9.74. The molecule has 0 atom stereocenters. The van der Waals surface area contributed by atoms with Crippen LogP contribution in [0, 0.1) is 24.2 Å². The van der Waals surface area contributed by atoms with E-state index in [1.54, 1.807) is 12.3 Å². The third-order valence-electron chi connectivity index (χ3n) is 4.92. The zero-order valence-electron chi connectivity index (χ0n) is 15.0. The molecule has 27 heavy (non-hydrogen) atoms. The summed E-state index contributed by atoms with van der Waals surface area (Å²) in [6, 6.07) is 11.8. The van der Waals surface area contributed by atoms with Gasteiger partial charge >= 0.3 is 0 Å². The first-order valence-electron chi connectivity index (χ1n) is 8.92. The van der Waals surface area contributed by atoms with Gasteiger partial charge in [0.15, 0.2) is 5.13 Å². The van der Waals surface area contributed by atoms with Gasteiger partial charge < -0.3 is 10.2 Å². The molecule has 1 saturated heterocycles. The van der Waals surface area contributed by atoms with E-state index >= 15 is 0 Å². The molecule has 0 bridgehead atoms. The molecular weight excluding hydrogens is 358 g/mol. The van der Waals surface area contributed by atoms with E-state index in [4.69, 9.17) is 5.26 Å². The van der Waals surface area contributed by atoms with Gasteiger partial charge in [-0.3, -0.25) is 4.79 Å². The fourth-order valence-corrected chi connectivity index (χ4v) is 4.30. The molecule has 1 aliphatic rings. The van der Waals surface area contributed by atoms with Crippen molar-refractivity contribution in [3.63, 3.8) is 0 Å². The van der Waals surface area contributed by atoms with Crippen molar-refractivity contribution < 1.29 is 4.79 Å². The summed E-state index contributed by atoms with van der Waals surface area (Å²) in [4.78, 5) is 23.7. The number of carbonyl (C=O) groups excluding carboxylic acids is 1. The van der Waals surface area contributed by atoms with E-state index < -0.39 is 0 Å². The van der Waals surface area contributed by atoms with Gasteiger partial charge in [-0.15, -0.1) is 0 Å². The Kier molecular flexibility index (Phi) is 4.73. The maximum absolute atomic E-state index is 12.6. The lowest BCUT2D eigenvalue weighted by Crippen LogP contribution is -2.38. The molecule has 0 saturated carbocycles. The maximum atomic E-state index is 12.6. The number of benzene rings is 1. The number of hydrogen-bond acceptors (Lipinski definition) is 6. The molecule has 0 aliphatic carbocycles. The van der Waals surface area contributed by atoms with Gasteiger partial charge in [0, 0.05) is 25.2 Å². The predicted molar refractivity (Wildman–Crippen MR) is 107 cm³/mol. The highest BCUT2D eigenvalue weighted by Crippen LogP contribution is 2.29. The summed E-state index contributed by atoms with van der Waals surface area (Å²) in [5.41, 5.74) is 2.63. The standard InChI is InChI=1S/C20H19N5OS/c1-13-3-2-4-16-18(13)23-20(27-16)24-19(26)15-7-9-25(10-8-15)17-6-5-14(11-21)12-22-17/h2-6,12,15H,7-10H2,1H3,(H,23,24,26). The van der Waals surface area contributed by atoms with Gasteiger partial charge in [0.25, 0.3) is 0 Å². The summed E-state index contributed by atoms with van der Waals surface area (Å²) in [6.45, 7) is 3.58. The van der Waals surface area contributed by atoms with Gasteiger partial charge in [-0.05, 0) is 43.5 Å². The van der Waals surface area contributed by atoms with Crippen LogP contribution in [0.1, 0.15) is 24.0 Å². The lowest BCUT2D eigenvalue weighted by atomic mass is 9.96. The van der Waals surface area contributed by atoms with Crippen LogP contribution >= 0.6 is 11.3 Å². The van der Waals surface area contributed by atoms with Crippen molar-refractivity contribution in [2.45, 2.75) is 19.8 Å². The molecule has 1 N–H and O–H groups in total. The Balaban J connectivity index is 1.37. The molecule has 0 unspecified atom stereocenters. The number of hydrogen-bond donors (Lipinski definition) is 1. The van der Waals surface area contributed by atoms with E-state index in [-0.39, 0.29) is 11.8 Å². The topological polar surface area (TPSA) is 81.9 Å². The summed E-state index contributed by atoms with van der Waals surface area (Å²) in [7, 11) is 0. The number of aryl methyl sites for hydroxylation is 1. The highest BCUT2D eigenvalue weighted by Gasteiger charge is 2.26. The lowest BCUT2D eigenvalue weighted by molar-refractivity contribution is -0.120. The van der Waals surface area contributed by atoms with E-state index in [1.807, 2.05) is 31.2 Å². The first-order chi connectivity index (χ1) is 13.1. The lowest BCUT2D eigenvalue weighted by Gasteiger charge is -2.31. The number of pyridine rings is 1. The minimum atomic E-state index is -0.0206. The number of anilines is 2. The Morgan fingerprint density at radius 3 is 2.78 bits per heavy atom. The zero-order valence-corrected chi connectivity index (χ0v) is 15.8. The molecular formula is C20H19N5OS. The fourth-order valence-electron chi connectivity index (χ4n) is 3.36. The Hall–Kier alpha value is -2.98. The third-order valence-corrected chi connectivity index (χ3v) is 5.85. The van der Waals surface area contributed by atoms with Crippen LogP contribution in [-0.2, 0) is 4.79 Å². The number of para-hydroxylation sites is 1. The Bertz CT molecular complexity index is 1010. The highest BCUT2D eigenvalue weighted by molar-refractivity contribution is 7.22. The number of rotatable bonds is 3. The van der Waals surface area contributed by atoms with E-state index in [2.05, 4.69) is 26.3 Å². The summed E-state index contributed by atoms with van der Waals surface area (Å²) >= 11 is 1.51. The number of carbonyl (C=O) groups is 1. The van der Waals surface area contributed by atoms with Crippen LogP contribution in [0.3, 0.4) is 0 Å². The van der Waals surface area contributed by atoms with Gasteiger partial charge in [0.2, 0.25) is 5.91 Å². The number of thiazole rings is 1. The molecule has 6 nitrogen and oxygen atoms in total. The van der Waals surface area contributed by atoms with Gasteiger partial charge in [-0.1, -0.05) is 23.5 Å². The molecule has 7 heteroatoms. The monoisotopic (exact) mass is 377 g/mol. The summed E-state index contributed by atoms with van der Waals surface area (Å²) in [5.74, 6) is 0.876. The van der Waals surface area contributed by atoms with Crippen molar-refractivity contribution in [1.29, 1.82) is 5.26 Å². The smallest absolute Gasteiger partial charge is 0.229 e. The van der Waals surface area contributed by atoms with Crippen LogP contribution in [0.2, 0.25) is 0 Å². The number of aromatic nitrogens is 2. The normalized spacial score (nSPS) is 14.9. The minimum absolute atomic E-state index is 0.0206. The minimum Gasteiger partial charge on any atom is -0.357 e. The number of fused-ring (bicyclic) bond motifs is 1. The SMILES string of the molecule is Cc1cccc2sc(NC(=O)C3CCN(c4ccc(C#N)cn4)CC3)nc12. The molecule has 1 aromatic carbocycles. The maximum Gasteiger partial charge on any atom is 0.229 e. The van der Waals surface area contributed by atoms with Gasteiger partial charge in [0.05, 0.1) is 15.8 Å². The number of nitrogens with one attached hydrogen (secondary N) is 1. The zero-order chi connectivity index (χ0) is 18.8. The van der Waals surface area contributed by atoms with E-state index in [0.717, 1.165) is 47.5 Å². The molecule has 0 radical (unpaired) electrons. The van der Waals surface area contributed by atoms with Gasteiger partial charge in [0.1, 0.15) is 11.9 Å². The van der Waals surface area contributed by atoms with Crippen LogP contribution in [0.25, 0.3) is 10.2 Å². The second kappa shape index (κ2) is 7.33. The Morgan fingerprint density at radius 2 is 2.11 bits per heavy atom. The Labute approximate surface area is 161 Å². The second-order valence-corrected chi connectivity index (χ2v) is 7.74. The molecule has 136 valence electrons. The van der Waals surface area contributed by atoms with Crippen molar-refractivity contribution in [2.24, 2.45) is 5.92 Å². The van der Waals surface area contributed by atoms with Crippen LogP contribution in [0.4, 0.5) is 10.9 Å². The van der Waals surface area contributed by atoms with E-state index in [1.165, 1.54) is 11.3 Å². The molecule has 1 fully saturated rings. The predicted octanol–water partition coefficient (Wildman–Crippen LogP) is 3.73. The number of nitrogens with zero attached hydrogens (tertiary/aromatic N) is 4. The van der Waals surface area contributed by atoms with E-state index in [0.29, 0.717) is 10.7 Å². The number of nitriles is 1. The number of amides is 1. The summed E-state index contributed by atoms with van der Waals surface area (Å²) in [5, 5.41) is 12.5. The molecule has 1 amide bonds. The molecule has 3 aromatic rings. The van der Waals surface area contributed by atoms with Gasteiger partial charge in [-0.2, -0.15) is 5.26 Å². The third kappa shape index (κ3) is 3.62. The molecule has 4 rings (SSSR count). The molecule has 3 heterocycles. The van der Waals surface area contributed by atoms with Crippen molar-refractivity contribution in [3.8, 4) is 6.07 Å². The highest BCUT2D eigenvalue weighted by atomic mass is 32.1. The van der Waals surface area contributed by atoms with Crippen LogP contribution in [-0.4, -0.2) is 29.0 Å². The average molecular weight is 377 g/mol. The van der Waals surface area contributed by atoms with Crippen molar-refractivity contribution >= 4 is 38.4 Å². The van der Waals surface area contributed by atoms with Crippen LogP contribution in [0.5, 0.6) is 0 Å². The first kappa shape index (κ1) is 17.4. The Morgan fingerprint density at radius 1 is 1.30 bits per heavy atom. The van der Waals surface area contributed by atoms with Crippen molar-refractivity contribution in [2.75, 3.05) is 23.3 Å². The molecule has 0 spiro atoms. The molecule has 1 aliphatic heterocycles. The van der Waals surface area contributed by atoms with Crippen LogP contribution in [0.15, 0.2) is 36.5 Å². The summed E-state index contributed by atoms with van der Waals surface area (Å²) < 4.78 is 1.09. The average Bonchev–Trinajstić information content (AvgIpc) is 3.12. The second-order valence-electron chi connectivity index (χ2n) is 6.71. The summed E-state index contributed by atoms with van der Waals surface area (Å²) in [6.07, 6.45) is 3.14. The van der Waals surface area contributed by atoms with Crippen molar-refractivity contribution in [1.82, 2.24) is 9.97 Å². The van der Waals surface area contributed by atoms with E-state index in [9.17, 15) is 4.79 Å². The largest absolute Gasteiger partial charge is 0.357 e. The van der Waals surface area contributed by atoms with Crippen LogP contribution < -0.4 is 10.2 Å². The van der Waals surface area contributed by atoms with Gasteiger partial charge in [-0.25, -0.2) is 9.97 Å². The van der Waals surface area contributed by atoms with Crippen molar-refractivity contribution in [3.05, 3.63) is 47.7 Å². The molecule has 2 aromatic heterocycles. The number of piperidine rings is 1. The quantitative estimate of drug-likeness (QED) is 0.752. The fraction of sp³-hybridized carbons (Fsp3) is 0.300.